The van der Waals surface area contributed by atoms with E-state index in [-0.39, 0.29) is 6.04 Å². The van der Waals surface area contributed by atoms with Gasteiger partial charge < -0.3 is 10.4 Å². The lowest BCUT2D eigenvalue weighted by Gasteiger charge is -2.15. The summed E-state index contributed by atoms with van der Waals surface area (Å²) < 4.78 is 0.916. The Morgan fingerprint density at radius 1 is 1.60 bits per heavy atom. The largest absolute Gasteiger partial charge is 0.465 e. The number of hydrogen-bond donors (Lipinski definition) is 2. The van der Waals surface area contributed by atoms with Gasteiger partial charge in [-0.3, -0.25) is 0 Å². The van der Waals surface area contributed by atoms with Gasteiger partial charge in [0.1, 0.15) is 0 Å². The number of carboxylic acid groups (broad SMARTS) is 1. The molecule has 15 heavy (non-hydrogen) atoms. The molecule has 5 heteroatoms. The minimum Gasteiger partial charge on any atom is -0.465 e. The summed E-state index contributed by atoms with van der Waals surface area (Å²) in [6.45, 7) is 3.63. The summed E-state index contributed by atoms with van der Waals surface area (Å²) in [6.07, 6.45) is -1.06. The van der Waals surface area contributed by atoms with Crippen LogP contribution in [0, 0.1) is 6.92 Å². The van der Waals surface area contributed by atoms with E-state index in [4.69, 9.17) is 16.7 Å². The number of benzene rings is 1. The molecule has 0 aliphatic carbocycles. The molecule has 1 rings (SSSR count). The van der Waals surface area contributed by atoms with Gasteiger partial charge in [-0.2, -0.15) is 0 Å². The first-order valence-corrected chi connectivity index (χ1v) is 5.54. The zero-order valence-corrected chi connectivity index (χ0v) is 10.7. The van der Waals surface area contributed by atoms with Crippen LogP contribution in [0.3, 0.4) is 0 Å². The molecule has 0 spiro atoms. The summed E-state index contributed by atoms with van der Waals surface area (Å²) in [5, 5.41) is 11.5. The molecule has 0 aliphatic rings. The maximum Gasteiger partial charge on any atom is 0.405 e. The summed E-state index contributed by atoms with van der Waals surface area (Å²) in [6, 6.07) is 3.35. The molecule has 1 atom stereocenters. The summed E-state index contributed by atoms with van der Waals surface area (Å²) in [4.78, 5) is 10.5. The van der Waals surface area contributed by atoms with E-state index >= 15 is 0 Å². The molecule has 0 aliphatic heterocycles. The van der Waals surface area contributed by atoms with Gasteiger partial charge in [0.2, 0.25) is 0 Å². The van der Waals surface area contributed by atoms with Gasteiger partial charge in [-0.25, -0.2) is 4.79 Å². The van der Waals surface area contributed by atoms with Gasteiger partial charge in [0.05, 0.1) is 6.04 Å². The van der Waals surface area contributed by atoms with Crippen LogP contribution in [0.2, 0.25) is 5.02 Å². The topological polar surface area (TPSA) is 49.3 Å². The quantitative estimate of drug-likeness (QED) is 0.872. The number of halogens is 2. The monoisotopic (exact) mass is 291 g/mol. The van der Waals surface area contributed by atoms with E-state index in [0.717, 1.165) is 15.6 Å². The molecular formula is C10H11BrClNO2. The van der Waals surface area contributed by atoms with Crippen molar-refractivity contribution >= 4 is 33.6 Å². The third-order valence-electron chi connectivity index (χ3n) is 2.16. The van der Waals surface area contributed by atoms with Crippen LogP contribution in [-0.4, -0.2) is 11.2 Å². The van der Waals surface area contributed by atoms with Crippen molar-refractivity contribution in [3.8, 4) is 0 Å². The van der Waals surface area contributed by atoms with Crippen LogP contribution in [0.5, 0.6) is 0 Å². The molecule has 1 unspecified atom stereocenters. The van der Waals surface area contributed by atoms with Crippen LogP contribution in [-0.2, 0) is 0 Å². The Kier molecular flexibility index (Phi) is 3.99. The molecule has 0 fully saturated rings. The molecule has 0 bridgehead atoms. The molecule has 1 amide bonds. The van der Waals surface area contributed by atoms with Crippen LogP contribution in [0.1, 0.15) is 24.1 Å². The smallest absolute Gasteiger partial charge is 0.405 e. The first-order valence-electron chi connectivity index (χ1n) is 4.37. The average molecular weight is 293 g/mol. The molecule has 0 saturated heterocycles. The fraction of sp³-hybridized carbons (Fsp3) is 0.300. The lowest BCUT2D eigenvalue weighted by Crippen LogP contribution is -2.24. The third-order valence-corrected chi connectivity index (χ3v) is 3.52. The van der Waals surface area contributed by atoms with Crippen molar-refractivity contribution in [3.05, 3.63) is 32.8 Å². The standard InChI is InChI=1S/C10H11BrClNO2/c1-5-8(11)4-3-7(9(5)12)6(2)13-10(14)15/h3-4,6,13H,1-2H3,(H,14,15). The molecule has 0 aromatic heterocycles. The second-order valence-corrected chi connectivity index (χ2v) is 4.48. The zero-order valence-electron chi connectivity index (χ0n) is 8.34. The van der Waals surface area contributed by atoms with Gasteiger partial charge in [0.25, 0.3) is 0 Å². The molecule has 0 heterocycles. The maximum atomic E-state index is 10.5. The lowest BCUT2D eigenvalue weighted by molar-refractivity contribution is 0.191. The molecule has 0 saturated carbocycles. The Bertz CT molecular complexity index is 395. The van der Waals surface area contributed by atoms with E-state index in [1.807, 2.05) is 13.0 Å². The predicted octanol–water partition coefficient (Wildman–Crippen LogP) is 3.74. The second-order valence-electron chi connectivity index (χ2n) is 3.25. The maximum absolute atomic E-state index is 10.5. The van der Waals surface area contributed by atoms with Crippen LogP contribution in [0.15, 0.2) is 16.6 Å². The van der Waals surface area contributed by atoms with Crippen molar-refractivity contribution < 1.29 is 9.90 Å². The fourth-order valence-electron chi connectivity index (χ4n) is 1.28. The van der Waals surface area contributed by atoms with Crippen LogP contribution in [0.4, 0.5) is 4.79 Å². The van der Waals surface area contributed by atoms with E-state index in [1.165, 1.54) is 0 Å². The van der Waals surface area contributed by atoms with E-state index < -0.39 is 6.09 Å². The van der Waals surface area contributed by atoms with E-state index in [1.54, 1.807) is 13.0 Å². The molecule has 0 radical (unpaired) electrons. The van der Waals surface area contributed by atoms with Gasteiger partial charge in [-0.15, -0.1) is 0 Å². The Balaban J connectivity index is 3.05. The highest BCUT2D eigenvalue weighted by Gasteiger charge is 2.14. The number of carbonyl (C=O) groups is 1. The molecular weight excluding hydrogens is 281 g/mol. The average Bonchev–Trinajstić information content (AvgIpc) is 2.13. The number of nitrogens with one attached hydrogen (secondary N) is 1. The third kappa shape index (κ3) is 2.86. The van der Waals surface area contributed by atoms with Gasteiger partial charge in [0, 0.05) is 9.50 Å². The highest BCUT2D eigenvalue weighted by molar-refractivity contribution is 9.10. The highest BCUT2D eigenvalue weighted by Crippen LogP contribution is 2.30. The van der Waals surface area contributed by atoms with Crippen molar-refractivity contribution in [1.29, 1.82) is 0 Å². The number of hydrogen-bond acceptors (Lipinski definition) is 1. The first-order chi connectivity index (χ1) is 6.93. The number of amides is 1. The molecule has 2 N–H and O–H groups in total. The van der Waals surface area contributed by atoms with Crippen molar-refractivity contribution in [2.45, 2.75) is 19.9 Å². The normalized spacial score (nSPS) is 12.3. The minimum absolute atomic E-state index is 0.318. The van der Waals surface area contributed by atoms with Gasteiger partial charge >= 0.3 is 6.09 Å². The van der Waals surface area contributed by atoms with E-state index in [9.17, 15) is 4.79 Å². The van der Waals surface area contributed by atoms with Crippen LogP contribution >= 0.6 is 27.5 Å². The SMILES string of the molecule is Cc1c(Br)ccc(C(C)NC(=O)O)c1Cl. The van der Waals surface area contributed by atoms with Gasteiger partial charge in [0.15, 0.2) is 0 Å². The Morgan fingerprint density at radius 3 is 2.73 bits per heavy atom. The first kappa shape index (κ1) is 12.3. The predicted molar refractivity (Wildman–Crippen MR) is 63.5 cm³/mol. The lowest BCUT2D eigenvalue weighted by atomic mass is 10.1. The van der Waals surface area contributed by atoms with Crippen molar-refractivity contribution in [2.24, 2.45) is 0 Å². The van der Waals surface area contributed by atoms with Crippen molar-refractivity contribution in [3.63, 3.8) is 0 Å². The molecule has 1 aromatic rings. The summed E-state index contributed by atoms with van der Waals surface area (Å²) in [5.41, 5.74) is 1.69. The fourth-order valence-corrected chi connectivity index (χ4v) is 2.05. The summed E-state index contributed by atoms with van der Waals surface area (Å²) >= 11 is 9.47. The Morgan fingerprint density at radius 2 is 2.20 bits per heavy atom. The van der Waals surface area contributed by atoms with Crippen LogP contribution < -0.4 is 5.32 Å². The summed E-state index contributed by atoms with van der Waals surface area (Å²) in [5.74, 6) is 0. The highest BCUT2D eigenvalue weighted by atomic mass is 79.9. The molecule has 3 nitrogen and oxygen atoms in total. The van der Waals surface area contributed by atoms with E-state index in [0.29, 0.717) is 5.02 Å². The van der Waals surface area contributed by atoms with Crippen molar-refractivity contribution in [1.82, 2.24) is 5.32 Å². The molecule has 82 valence electrons. The Hall–Kier alpha value is -0.740. The van der Waals surface area contributed by atoms with Gasteiger partial charge in [-0.05, 0) is 31.0 Å². The number of rotatable bonds is 2. The Labute approximate surface area is 102 Å². The zero-order chi connectivity index (χ0) is 11.6. The van der Waals surface area contributed by atoms with E-state index in [2.05, 4.69) is 21.2 Å². The second kappa shape index (κ2) is 4.86. The summed E-state index contributed by atoms with van der Waals surface area (Å²) in [7, 11) is 0. The minimum atomic E-state index is -1.06. The van der Waals surface area contributed by atoms with Gasteiger partial charge in [-0.1, -0.05) is 33.6 Å². The molecule has 1 aromatic carbocycles. The van der Waals surface area contributed by atoms with Crippen LogP contribution in [0.25, 0.3) is 0 Å². The van der Waals surface area contributed by atoms with Crippen molar-refractivity contribution in [2.75, 3.05) is 0 Å².